The van der Waals surface area contributed by atoms with Crippen LogP contribution in [0.1, 0.15) is 41.8 Å². The third-order valence-electron chi connectivity index (χ3n) is 6.20. The van der Waals surface area contributed by atoms with Crippen LogP contribution in [0.5, 0.6) is 0 Å². The quantitative estimate of drug-likeness (QED) is 0.762. The average Bonchev–Trinajstić information content (AvgIpc) is 3.47. The lowest BCUT2D eigenvalue weighted by molar-refractivity contribution is -0.129. The molecule has 0 unspecified atom stereocenters. The van der Waals surface area contributed by atoms with Gasteiger partial charge < -0.3 is 14.6 Å². The van der Waals surface area contributed by atoms with Gasteiger partial charge in [0.15, 0.2) is 0 Å². The van der Waals surface area contributed by atoms with Gasteiger partial charge in [-0.1, -0.05) is 30.5 Å². The number of hydrogen-bond acceptors (Lipinski definition) is 4. The fourth-order valence-corrected chi connectivity index (χ4v) is 4.84. The number of nitrogens with zero attached hydrogens (tertiary/aromatic N) is 2. The summed E-state index contributed by atoms with van der Waals surface area (Å²) in [5.41, 5.74) is 0.611. The molecule has 1 aliphatic carbocycles. The Balaban J connectivity index is 1.38. The van der Waals surface area contributed by atoms with E-state index < -0.39 is 0 Å². The Kier molecular flexibility index (Phi) is 6.75. The van der Waals surface area contributed by atoms with E-state index in [0.717, 1.165) is 18.6 Å². The number of halogens is 1. The Morgan fingerprint density at radius 3 is 2.53 bits per heavy atom. The first-order valence-corrected chi connectivity index (χ1v) is 11.1. The molecule has 1 aliphatic heterocycles. The fourth-order valence-electron chi connectivity index (χ4n) is 4.65. The zero-order valence-electron chi connectivity index (χ0n) is 17.1. The highest BCUT2D eigenvalue weighted by molar-refractivity contribution is 6.30. The van der Waals surface area contributed by atoms with Crippen molar-refractivity contribution in [3.05, 3.63) is 59.0 Å². The summed E-state index contributed by atoms with van der Waals surface area (Å²) in [5, 5.41) is 3.62. The number of amides is 2. The summed E-state index contributed by atoms with van der Waals surface area (Å²) in [6, 6.07) is 10.6. The number of nitrogens with one attached hydrogen (secondary N) is 1. The van der Waals surface area contributed by atoms with Gasteiger partial charge in [-0.2, -0.15) is 0 Å². The van der Waals surface area contributed by atoms with Gasteiger partial charge in [0.1, 0.15) is 5.76 Å². The van der Waals surface area contributed by atoms with E-state index in [0.29, 0.717) is 49.2 Å². The van der Waals surface area contributed by atoms with Crippen LogP contribution in [0.4, 0.5) is 0 Å². The lowest BCUT2D eigenvalue weighted by Gasteiger charge is -2.40. The van der Waals surface area contributed by atoms with Crippen molar-refractivity contribution in [3.63, 3.8) is 0 Å². The van der Waals surface area contributed by atoms with Crippen molar-refractivity contribution in [2.45, 2.75) is 38.3 Å². The van der Waals surface area contributed by atoms with Gasteiger partial charge in [0.2, 0.25) is 5.91 Å². The summed E-state index contributed by atoms with van der Waals surface area (Å²) in [6.45, 7) is 3.02. The molecule has 160 valence electrons. The Bertz CT molecular complexity index is 856. The number of hydrogen-bond donors (Lipinski definition) is 1. The van der Waals surface area contributed by atoms with Gasteiger partial charge in [-0.05, 0) is 49.1 Å². The minimum Gasteiger partial charge on any atom is -0.467 e. The second-order valence-electron chi connectivity index (χ2n) is 8.13. The summed E-state index contributed by atoms with van der Waals surface area (Å²) in [5.74, 6) is 1.19. The molecule has 1 N–H and O–H groups in total. The van der Waals surface area contributed by atoms with E-state index in [-0.39, 0.29) is 17.9 Å². The molecule has 2 amide bonds. The summed E-state index contributed by atoms with van der Waals surface area (Å²) in [4.78, 5) is 30.0. The van der Waals surface area contributed by atoms with Crippen LogP contribution in [0.25, 0.3) is 0 Å². The standard InChI is InChI=1S/C23H28ClN3O3/c24-19-8-3-7-18(15-19)23(29)27-12-10-26(11-13-27)21(17-5-1-2-6-17)22(28)25-16-20-9-4-14-30-20/h3-4,7-9,14-15,17,21H,1-2,5-6,10-13,16H2,(H,25,28)/t21-/m0/s1. The number of carbonyl (C=O) groups excluding carboxylic acids is 2. The second kappa shape index (κ2) is 9.67. The van der Waals surface area contributed by atoms with Crippen LogP contribution in [0.2, 0.25) is 5.02 Å². The zero-order chi connectivity index (χ0) is 20.9. The molecule has 1 aromatic carbocycles. The van der Waals surface area contributed by atoms with Gasteiger partial charge in [0, 0.05) is 36.8 Å². The van der Waals surface area contributed by atoms with Crippen molar-refractivity contribution >= 4 is 23.4 Å². The van der Waals surface area contributed by atoms with Crippen LogP contribution >= 0.6 is 11.6 Å². The van der Waals surface area contributed by atoms with Crippen molar-refractivity contribution in [1.29, 1.82) is 0 Å². The van der Waals surface area contributed by atoms with Crippen molar-refractivity contribution in [3.8, 4) is 0 Å². The molecule has 1 atom stereocenters. The van der Waals surface area contributed by atoms with E-state index in [4.69, 9.17) is 16.0 Å². The third kappa shape index (κ3) is 4.87. The molecule has 2 fully saturated rings. The number of piperazine rings is 1. The van der Waals surface area contributed by atoms with E-state index in [1.807, 2.05) is 17.0 Å². The number of furan rings is 1. The highest BCUT2D eigenvalue weighted by Gasteiger charge is 2.37. The molecule has 6 nitrogen and oxygen atoms in total. The van der Waals surface area contributed by atoms with Crippen LogP contribution in [0.3, 0.4) is 0 Å². The topological polar surface area (TPSA) is 65.8 Å². The van der Waals surface area contributed by atoms with E-state index in [1.165, 1.54) is 12.8 Å². The van der Waals surface area contributed by atoms with E-state index in [9.17, 15) is 9.59 Å². The number of rotatable bonds is 6. The van der Waals surface area contributed by atoms with Crippen LogP contribution in [0, 0.1) is 5.92 Å². The molecule has 2 heterocycles. The summed E-state index contributed by atoms with van der Waals surface area (Å²) in [6.07, 6.45) is 6.15. The molecule has 30 heavy (non-hydrogen) atoms. The first-order valence-electron chi connectivity index (χ1n) is 10.7. The molecule has 4 rings (SSSR count). The monoisotopic (exact) mass is 429 g/mol. The first-order chi connectivity index (χ1) is 14.6. The molecule has 1 saturated carbocycles. The predicted octanol–water partition coefficient (Wildman–Crippen LogP) is 3.57. The zero-order valence-corrected chi connectivity index (χ0v) is 17.8. The largest absolute Gasteiger partial charge is 0.467 e. The highest BCUT2D eigenvalue weighted by Crippen LogP contribution is 2.31. The lowest BCUT2D eigenvalue weighted by atomic mass is 9.95. The minimum absolute atomic E-state index is 0.00293. The average molecular weight is 430 g/mol. The summed E-state index contributed by atoms with van der Waals surface area (Å²) >= 11 is 6.04. The normalized spacial score (nSPS) is 19.0. The van der Waals surface area contributed by atoms with Crippen LogP contribution < -0.4 is 5.32 Å². The third-order valence-corrected chi connectivity index (χ3v) is 6.43. The van der Waals surface area contributed by atoms with Crippen molar-refractivity contribution < 1.29 is 14.0 Å². The van der Waals surface area contributed by atoms with Gasteiger partial charge in [0.05, 0.1) is 18.8 Å². The molecule has 2 aliphatic rings. The molecular weight excluding hydrogens is 402 g/mol. The van der Waals surface area contributed by atoms with Gasteiger partial charge in [-0.15, -0.1) is 0 Å². The van der Waals surface area contributed by atoms with Gasteiger partial charge >= 0.3 is 0 Å². The molecule has 0 spiro atoms. The summed E-state index contributed by atoms with van der Waals surface area (Å²) < 4.78 is 5.34. The van der Waals surface area contributed by atoms with Crippen molar-refractivity contribution in [1.82, 2.24) is 15.1 Å². The van der Waals surface area contributed by atoms with E-state index in [2.05, 4.69) is 10.2 Å². The van der Waals surface area contributed by atoms with Crippen LogP contribution in [-0.2, 0) is 11.3 Å². The molecule has 1 aromatic heterocycles. The molecule has 0 radical (unpaired) electrons. The first kappa shape index (κ1) is 20.9. The Morgan fingerprint density at radius 1 is 1.10 bits per heavy atom. The van der Waals surface area contributed by atoms with E-state index >= 15 is 0 Å². The Hall–Kier alpha value is -2.31. The van der Waals surface area contributed by atoms with Crippen LogP contribution in [0.15, 0.2) is 47.1 Å². The Labute approximate surface area is 182 Å². The Morgan fingerprint density at radius 2 is 1.87 bits per heavy atom. The van der Waals surface area contributed by atoms with Crippen molar-refractivity contribution in [2.75, 3.05) is 26.2 Å². The maximum Gasteiger partial charge on any atom is 0.253 e. The highest BCUT2D eigenvalue weighted by atomic mass is 35.5. The maximum absolute atomic E-state index is 13.1. The summed E-state index contributed by atoms with van der Waals surface area (Å²) in [7, 11) is 0. The molecule has 2 aromatic rings. The minimum atomic E-state index is -0.147. The smallest absolute Gasteiger partial charge is 0.253 e. The number of carbonyl (C=O) groups is 2. The maximum atomic E-state index is 13.1. The SMILES string of the molecule is O=C(NCc1ccco1)[C@H](C1CCCC1)N1CCN(C(=O)c2cccc(Cl)c2)CC1. The molecule has 7 heteroatoms. The van der Waals surface area contributed by atoms with E-state index in [1.54, 1.807) is 30.5 Å². The lowest BCUT2D eigenvalue weighted by Crippen LogP contribution is -2.57. The van der Waals surface area contributed by atoms with Crippen LogP contribution in [-0.4, -0.2) is 53.8 Å². The fraction of sp³-hybridized carbons (Fsp3) is 0.478. The second-order valence-corrected chi connectivity index (χ2v) is 8.56. The molecule has 0 bridgehead atoms. The van der Waals surface area contributed by atoms with Crippen molar-refractivity contribution in [2.24, 2.45) is 5.92 Å². The molecular formula is C23H28ClN3O3. The predicted molar refractivity (Wildman–Crippen MR) is 115 cm³/mol. The number of benzene rings is 1. The van der Waals surface area contributed by atoms with Gasteiger partial charge in [0.25, 0.3) is 5.91 Å². The van der Waals surface area contributed by atoms with Gasteiger partial charge in [-0.3, -0.25) is 14.5 Å². The van der Waals surface area contributed by atoms with Gasteiger partial charge in [-0.25, -0.2) is 0 Å². The molecule has 1 saturated heterocycles.